The van der Waals surface area contributed by atoms with Crippen molar-refractivity contribution in [2.75, 3.05) is 0 Å². The summed E-state index contributed by atoms with van der Waals surface area (Å²) >= 11 is 0. The van der Waals surface area contributed by atoms with E-state index in [1.807, 2.05) is 0 Å². The van der Waals surface area contributed by atoms with E-state index >= 15 is 0 Å². The number of benzene rings is 1. The number of H-pyrrole nitrogens is 1. The number of rotatable bonds is 3. The molecule has 0 amide bonds. The van der Waals surface area contributed by atoms with Crippen LogP contribution in [0.4, 0.5) is 0 Å². The molecule has 0 bridgehead atoms. The van der Waals surface area contributed by atoms with Crippen LogP contribution in [0.15, 0.2) is 24.3 Å². The molecule has 0 saturated heterocycles. The van der Waals surface area contributed by atoms with Crippen LogP contribution < -0.4 is 0 Å². The molecule has 1 fully saturated rings. The van der Waals surface area contributed by atoms with Gasteiger partial charge in [0.25, 0.3) is 0 Å². The third-order valence-corrected chi connectivity index (χ3v) is 2.85. The van der Waals surface area contributed by atoms with E-state index in [9.17, 15) is 4.79 Å². The Kier molecular flexibility index (Phi) is 2.18. The molecule has 1 saturated carbocycles. The zero-order valence-electron chi connectivity index (χ0n) is 9.05. The van der Waals surface area contributed by atoms with Gasteiger partial charge < -0.3 is 5.11 Å². The molecule has 1 aliphatic rings. The van der Waals surface area contributed by atoms with Crippen LogP contribution in [-0.4, -0.2) is 26.3 Å². The minimum atomic E-state index is -0.923. The minimum absolute atomic E-state index is 0.274. The van der Waals surface area contributed by atoms with Gasteiger partial charge in [-0.15, -0.1) is 0 Å². The molecular formula is C12H11N3O2. The van der Waals surface area contributed by atoms with Crippen LogP contribution in [0.2, 0.25) is 0 Å². The van der Waals surface area contributed by atoms with Crippen molar-refractivity contribution in [3.8, 4) is 11.4 Å². The smallest absolute Gasteiger partial charge is 0.335 e. The fourth-order valence-electron chi connectivity index (χ4n) is 1.70. The molecule has 0 spiro atoms. The molecule has 1 aromatic heterocycles. The van der Waals surface area contributed by atoms with Crippen LogP contribution in [-0.2, 0) is 0 Å². The third-order valence-electron chi connectivity index (χ3n) is 2.85. The Morgan fingerprint density at radius 1 is 1.29 bits per heavy atom. The van der Waals surface area contributed by atoms with Crippen molar-refractivity contribution in [1.29, 1.82) is 0 Å². The minimum Gasteiger partial charge on any atom is -0.478 e. The Balaban J connectivity index is 1.89. The number of aromatic amines is 1. The summed E-state index contributed by atoms with van der Waals surface area (Å²) in [5.41, 5.74) is 1.13. The van der Waals surface area contributed by atoms with Crippen LogP contribution >= 0.6 is 0 Å². The molecule has 0 atom stereocenters. The lowest BCUT2D eigenvalue weighted by atomic mass is 10.1. The lowest BCUT2D eigenvalue weighted by Crippen LogP contribution is -1.95. The number of aromatic carboxylic acids is 1. The molecule has 1 aliphatic carbocycles. The third kappa shape index (κ3) is 1.91. The quantitative estimate of drug-likeness (QED) is 0.844. The van der Waals surface area contributed by atoms with Crippen LogP contribution in [0.1, 0.15) is 34.9 Å². The highest BCUT2D eigenvalue weighted by molar-refractivity contribution is 5.88. The van der Waals surface area contributed by atoms with E-state index in [-0.39, 0.29) is 5.56 Å². The number of hydrogen-bond acceptors (Lipinski definition) is 3. The Labute approximate surface area is 97.5 Å². The van der Waals surface area contributed by atoms with E-state index in [0.29, 0.717) is 11.7 Å². The van der Waals surface area contributed by atoms with Gasteiger partial charge in [0.15, 0.2) is 11.6 Å². The topological polar surface area (TPSA) is 78.9 Å². The highest BCUT2D eigenvalue weighted by atomic mass is 16.4. The van der Waals surface area contributed by atoms with Crippen molar-refractivity contribution in [3.05, 3.63) is 35.7 Å². The molecular weight excluding hydrogens is 218 g/mol. The van der Waals surface area contributed by atoms with Crippen LogP contribution in [0, 0.1) is 0 Å². The van der Waals surface area contributed by atoms with Crippen molar-refractivity contribution >= 4 is 5.97 Å². The monoisotopic (exact) mass is 229 g/mol. The van der Waals surface area contributed by atoms with Crippen LogP contribution in [0.3, 0.4) is 0 Å². The first-order valence-corrected chi connectivity index (χ1v) is 5.50. The summed E-state index contributed by atoms with van der Waals surface area (Å²) < 4.78 is 0. The maximum absolute atomic E-state index is 10.7. The molecule has 0 unspecified atom stereocenters. The van der Waals surface area contributed by atoms with Gasteiger partial charge in [0.05, 0.1) is 5.56 Å². The van der Waals surface area contributed by atoms with E-state index < -0.39 is 5.97 Å². The van der Waals surface area contributed by atoms with Gasteiger partial charge in [-0.25, -0.2) is 9.78 Å². The maximum Gasteiger partial charge on any atom is 0.335 e. The largest absolute Gasteiger partial charge is 0.478 e. The van der Waals surface area contributed by atoms with Crippen molar-refractivity contribution in [2.45, 2.75) is 18.8 Å². The predicted octanol–water partition coefficient (Wildman–Crippen LogP) is 2.05. The number of aromatic nitrogens is 3. The fraction of sp³-hybridized carbons (Fsp3) is 0.250. The Bertz CT molecular complexity index is 555. The fourth-order valence-corrected chi connectivity index (χ4v) is 1.70. The molecule has 2 N–H and O–H groups in total. The molecule has 17 heavy (non-hydrogen) atoms. The molecule has 2 aromatic rings. The number of carboxylic acids is 1. The van der Waals surface area contributed by atoms with E-state index in [4.69, 9.17) is 5.11 Å². The van der Waals surface area contributed by atoms with E-state index in [0.717, 1.165) is 24.2 Å². The lowest BCUT2D eigenvalue weighted by molar-refractivity contribution is 0.0697. The summed E-state index contributed by atoms with van der Waals surface area (Å²) in [7, 11) is 0. The first kappa shape index (κ1) is 10.0. The standard InChI is InChI=1S/C12H11N3O2/c16-12(17)9-5-3-8(4-6-9)11-13-10(14-15-11)7-1-2-7/h3-7H,1-2H2,(H,16,17)(H,13,14,15). The normalized spacial score (nSPS) is 14.8. The molecule has 1 aromatic carbocycles. The first-order valence-electron chi connectivity index (χ1n) is 5.50. The molecule has 5 heteroatoms. The Morgan fingerprint density at radius 3 is 2.59 bits per heavy atom. The predicted molar refractivity (Wildman–Crippen MR) is 60.8 cm³/mol. The second-order valence-corrected chi connectivity index (χ2v) is 4.20. The Morgan fingerprint density at radius 2 is 2.00 bits per heavy atom. The summed E-state index contributed by atoms with van der Waals surface area (Å²) in [6.07, 6.45) is 2.32. The van der Waals surface area contributed by atoms with Gasteiger partial charge in [0.2, 0.25) is 0 Å². The van der Waals surface area contributed by atoms with E-state index in [2.05, 4.69) is 15.2 Å². The number of hydrogen-bond donors (Lipinski definition) is 2. The van der Waals surface area contributed by atoms with Crippen molar-refractivity contribution in [1.82, 2.24) is 15.2 Å². The molecule has 0 radical (unpaired) electrons. The van der Waals surface area contributed by atoms with Crippen molar-refractivity contribution < 1.29 is 9.90 Å². The summed E-state index contributed by atoms with van der Waals surface area (Å²) in [5, 5.41) is 15.8. The number of carboxylic acid groups (broad SMARTS) is 1. The number of carbonyl (C=O) groups is 1. The lowest BCUT2D eigenvalue weighted by Gasteiger charge is -1.97. The van der Waals surface area contributed by atoms with Crippen LogP contribution in [0.25, 0.3) is 11.4 Å². The average Bonchev–Trinajstić information content (AvgIpc) is 3.07. The molecule has 5 nitrogen and oxygen atoms in total. The molecule has 1 heterocycles. The van der Waals surface area contributed by atoms with Gasteiger partial charge in [0, 0.05) is 11.5 Å². The molecule has 3 rings (SSSR count). The maximum atomic E-state index is 10.7. The van der Waals surface area contributed by atoms with Gasteiger partial charge in [-0.1, -0.05) is 12.1 Å². The summed E-state index contributed by atoms with van der Waals surface area (Å²) in [4.78, 5) is 15.1. The van der Waals surface area contributed by atoms with Crippen LogP contribution in [0.5, 0.6) is 0 Å². The SMILES string of the molecule is O=C(O)c1ccc(-c2nc(C3CC3)n[nH]2)cc1. The summed E-state index contributed by atoms with van der Waals surface area (Å²) in [5.74, 6) is 1.15. The Hall–Kier alpha value is -2.17. The van der Waals surface area contributed by atoms with Gasteiger partial charge in [-0.05, 0) is 25.0 Å². The zero-order valence-corrected chi connectivity index (χ0v) is 9.05. The summed E-state index contributed by atoms with van der Waals surface area (Å²) in [6.45, 7) is 0. The second-order valence-electron chi connectivity index (χ2n) is 4.20. The summed E-state index contributed by atoms with van der Waals surface area (Å²) in [6, 6.07) is 6.61. The zero-order chi connectivity index (χ0) is 11.8. The second kappa shape index (κ2) is 3.69. The number of nitrogens with zero attached hydrogens (tertiary/aromatic N) is 2. The van der Waals surface area contributed by atoms with Gasteiger partial charge >= 0.3 is 5.97 Å². The van der Waals surface area contributed by atoms with Gasteiger partial charge in [0.1, 0.15) is 0 Å². The van der Waals surface area contributed by atoms with E-state index in [1.54, 1.807) is 24.3 Å². The molecule has 86 valence electrons. The van der Waals surface area contributed by atoms with Crippen molar-refractivity contribution in [2.24, 2.45) is 0 Å². The van der Waals surface area contributed by atoms with Crippen molar-refractivity contribution in [3.63, 3.8) is 0 Å². The van der Waals surface area contributed by atoms with Gasteiger partial charge in [-0.3, -0.25) is 5.10 Å². The number of nitrogens with one attached hydrogen (secondary N) is 1. The highest BCUT2D eigenvalue weighted by Gasteiger charge is 2.27. The average molecular weight is 229 g/mol. The van der Waals surface area contributed by atoms with E-state index in [1.165, 1.54) is 0 Å². The van der Waals surface area contributed by atoms with Gasteiger partial charge in [-0.2, -0.15) is 5.10 Å². The highest BCUT2D eigenvalue weighted by Crippen LogP contribution is 2.38. The first-order chi connectivity index (χ1) is 8.24. The molecule has 0 aliphatic heterocycles.